The molecule has 0 radical (unpaired) electrons. The molecule has 1 aliphatic carbocycles. The van der Waals surface area contributed by atoms with Crippen LogP contribution in [-0.4, -0.2) is 49.9 Å². The van der Waals surface area contributed by atoms with Crippen LogP contribution in [0, 0.1) is 0 Å². The molecule has 0 atom stereocenters. The number of nitrogens with zero attached hydrogens (tertiary/aromatic N) is 3. The average Bonchev–Trinajstić information content (AvgIpc) is 3.32. The molecule has 0 bridgehead atoms. The van der Waals surface area contributed by atoms with Crippen LogP contribution in [0.3, 0.4) is 0 Å². The molecule has 0 saturated heterocycles. The molecule has 30 heavy (non-hydrogen) atoms. The van der Waals surface area contributed by atoms with Gasteiger partial charge in [0.2, 0.25) is 0 Å². The van der Waals surface area contributed by atoms with Crippen molar-refractivity contribution in [3.05, 3.63) is 42.5 Å². The van der Waals surface area contributed by atoms with Gasteiger partial charge in [-0.3, -0.25) is 4.99 Å². The highest BCUT2D eigenvalue weighted by molar-refractivity contribution is 5.79. The number of methoxy groups -OCH3 is 2. The van der Waals surface area contributed by atoms with Crippen molar-refractivity contribution in [2.24, 2.45) is 4.99 Å². The number of hydrogen-bond donors (Lipinski definition) is 2. The second kappa shape index (κ2) is 10.9. The number of hydrogen-bond acceptors (Lipinski definition) is 4. The van der Waals surface area contributed by atoms with Crippen LogP contribution in [0.25, 0.3) is 0 Å². The van der Waals surface area contributed by atoms with Crippen LogP contribution in [0.4, 0.5) is 0 Å². The Labute approximate surface area is 179 Å². The second-order valence-corrected chi connectivity index (χ2v) is 7.92. The zero-order valence-corrected chi connectivity index (χ0v) is 18.5. The summed E-state index contributed by atoms with van der Waals surface area (Å²) in [7, 11) is 5.20. The molecular formula is C23H35N5O2. The number of aryl methyl sites for hydroxylation is 1. The molecule has 1 aromatic carbocycles. The van der Waals surface area contributed by atoms with Gasteiger partial charge in [-0.15, -0.1) is 0 Å². The van der Waals surface area contributed by atoms with Crippen LogP contribution in [0.15, 0.2) is 41.9 Å². The Hall–Kier alpha value is -2.70. The predicted molar refractivity (Wildman–Crippen MR) is 121 cm³/mol. The summed E-state index contributed by atoms with van der Waals surface area (Å²) in [5.41, 5.74) is 1.38. The van der Waals surface area contributed by atoms with E-state index in [0.29, 0.717) is 0 Å². The van der Waals surface area contributed by atoms with E-state index in [-0.39, 0.29) is 5.41 Å². The van der Waals surface area contributed by atoms with Crippen molar-refractivity contribution < 1.29 is 9.47 Å². The van der Waals surface area contributed by atoms with E-state index in [1.807, 2.05) is 31.8 Å². The van der Waals surface area contributed by atoms with Crippen LogP contribution in [0.2, 0.25) is 0 Å². The van der Waals surface area contributed by atoms with Gasteiger partial charge in [0, 0.05) is 44.5 Å². The van der Waals surface area contributed by atoms with E-state index >= 15 is 0 Å². The van der Waals surface area contributed by atoms with E-state index in [2.05, 4.69) is 37.3 Å². The molecule has 3 rings (SSSR count). The molecule has 7 heteroatoms. The molecule has 2 N–H and O–H groups in total. The minimum absolute atomic E-state index is 0.0756. The van der Waals surface area contributed by atoms with Crippen molar-refractivity contribution in [2.45, 2.75) is 50.5 Å². The molecule has 1 heterocycles. The molecule has 0 spiro atoms. The zero-order valence-electron chi connectivity index (χ0n) is 18.5. The number of ether oxygens (including phenoxy) is 2. The first-order valence-corrected chi connectivity index (χ1v) is 10.8. The van der Waals surface area contributed by atoms with E-state index in [9.17, 15) is 0 Å². The van der Waals surface area contributed by atoms with Gasteiger partial charge in [-0.05, 0) is 37.0 Å². The molecule has 1 aliphatic rings. The van der Waals surface area contributed by atoms with Gasteiger partial charge >= 0.3 is 0 Å². The van der Waals surface area contributed by atoms with E-state index in [1.54, 1.807) is 14.2 Å². The molecule has 0 unspecified atom stereocenters. The maximum atomic E-state index is 5.57. The van der Waals surface area contributed by atoms with Gasteiger partial charge in [0.15, 0.2) is 17.5 Å². The highest BCUT2D eigenvalue weighted by Crippen LogP contribution is 2.42. The smallest absolute Gasteiger partial charge is 0.191 e. The van der Waals surface area contributed by atoms with Gasteiger partial charge in [0.25, 0.3) is 0 Å². The van der Waals surface area contributed by atoms with E-state index in [1.165, 1.54) is 24.8 Å². The second-order valence-electron chi connectivity index (χ2n) is 7.92. The molecule has 164 valence electrons. The lowest BCUT2D eigenvalue weighted by Gasteiger charge is -2.38. The summed E-state index contributed by atoms with van der Waals surface area (Å²) in [5, 5.41) is 7.03. The van der Waals surface area contributed by atoms with Gasteiger partial charge in [-0.1, -0.05) is 25.3 Å². The molecule has 1 fully saturated rings. The number of rotatable bonds is 9. The lowest BCUT2D eigenvalue weighted by Crippen LogP contribution is -2.46. The highest BCUT2D eigenvalue weighted by atomic mass is 16.5. The molecule has 1 saturated carbocycles. The Morgan fingerprint density at radius 3 is 2.60 bits per heavy atom. The Kier molecular flexibility index (Phi) is 7.99. The quantitative estimate of drug-likeness (QED) is 0.375. The summed E-state index contributed by atoms with van der Waals surface area (Å²) in [6.07, 6.45) is 12.8. The third kappa shape index (κ3) is 5.46. The molecule has 1 aromatic heterocycles. The van der Waals surface area contributed by atoms with Gasteiger partial charge in [-0.25, -0.2) is 4.98 Å². The molecular weight excluding hydrogens is 378 g/mol. The van der Waals surface area contributed by atoms with E-state index in [0.717, 1.165) is 56.4 Å². The summed E-state index contributed by atoms with van der Waals surface area (Å²) >= 11 is 0. The number of imidazole rings is 1. The van der Waals surface area contributed by atoms with E-state index < -0.39 is 0 Å². The van der Waals surface area contributed by atoms with Crippen LogP contribution in [0.5, 0.6) is 11.5 Å². The maximum absolute atomic E-state index is 5.57. The predicted octanol–water partition coefficient (Wildman–Crippen LogP) is 3.36. The number of aliphatic imine (C=N–C) groups is 1. The topological polar surface area (TPSA) is 72.7 Å². The zero-order chi connectivity index (χ0) is 21.2. The molecule has 7 nitrogen and oxygen atoms in total. The first-order valence-electron chi connectivity index (χ1n) is 10.8. The van der Waals surface area contributed by atoms with Crippen molar-refractivity contribution in [3.8, 4) is 11.5 Å². The van der Waals surface area contributed by atoms with Crippen molar-refractivity contribution in [1.29, 1.82) is 0 Å². The fraction of sp³-hybridized carbons (Fsp3) is 0.565. The Morgan fingerprint density at radius 2 is 1.93 bits per heavy atom. The number of nitrogens with one attached hydrogen (secondary N) is 2. The number of guanidine groups is 1. The monoisotopic (exact) mass is 413 g/mol. The van der Waals surface area contributed by atoms with Crippen LogP contribution in [0.1, 0.15) is 44.1 Å². The summed E-state index contributed by atoms with van der Waals surface area (Å²) in [6, 6.07) is 6.36. The van der Waals surface area contributed by atoms with Crippen molar-refractivity contribution in [1.82, 2.24) is 20.2 Å². The summed E-state index contributed by atoms with van der Waals surface area (Å²) in [4.78, 5) is 8.51. The first kappa shape index (κ1) is 22.0. The summed E-state index contributed by atoms with van der Waals surface area (Å²) in [6.45, 7) is 2.66. The van der Waals surface area contributed by atoms with Gasteiger partial charge in [0.1, 0.15) is 0 Å². The highest BCUT2D eigenvalue weighted by Gasteiger charge is 2.34. The SMILES string of the molecule is CN=C(NCCCn1ccnc1)NCC1(c2ccc(OC)c(OC)c2)CCCCC1. The summed E-state index contributed by atoms with van der Waals surface area (Å²) in [5.74, 6) is 2.42. The van der Waals surface area contributed by atoms with Crippen LogP contribution >= 0.6 is 0 Å². The minimum Gasteiger partial charge on any atom is -0.493 e. The molecule has 2 aromatic rings. The van der Waals surface area contributed by atoms with Crippen molar-refractivity contribution >= 4 is 5.96 Å². The summed E-state index contributed by atoms with van der Waals surface area (Å²) < 4.78 is 13.1. The Bertz CT molecular complexity index is 798. The first-order chi connectivity index (χ1) is 14.7. The largest absolute Gasteiger partial charge is 0.493 e. The van der Waals surface area contributed by atoms with Crippen molar-refractivity contribution in [3.63, 3.8) is 0 Å². The third-order valence-electron chi connectivity index (χ3n) is 6.07. The van der Waals surface area contributed by atoms with Crippen molar-refractivity contribution in [2.75, 3.05) is 34.4 Å². The van der Waals surface area contributed by atoms with Gasteiger partial charge in [-0.2, -0.15) is 0 Å². The minimum atomic E-state index is 0.0756. The fourth-order valence-electron chi connectivity index (χ4n) is 4.32. The fourth-order valence-corrected chi connectivity index (χ4v) is 4.32. The van der Waals surface area contributed by atoms with Crippen LogP contribution in [-0.2, 0) is 12.0 Å². The average molecular weight is 414 g/mol. The Morgan fingerprint density at radius 1 is 1.13 bits per heavy atom. The normalized spacial score (nSPS) is 16.2. The molecule has 0 aliphatic heterocycles. The van der Waals surface area contributed by atoms with Gasteiger partial charge in [0.05, 0.1) is 20.5 Å². The number of benzene rings is 1. The van der Waals surface area contributed by atoms with Crippen LogP contribution < -0.4 is 20.1 Å². The van der Waals surface area contributed by atoms with Gasteiger partial charge < -0.3 is 24.7 Å². The lowest BCUT2D eigenvalue weighted by molar-refractivity contribution is 0.288. The lowest BCUT2D eigenvalue weighted by atomic mass is 9.69. The third-order valence-corrected chi connectivity index (χ3v) is 6.07. The standard InChI is InChI=1S/C23H35N5O2/c1-24-22(26-12-7-14-28-15-13-25-18-28)27-17-23(10-5-4-6-11-23)19-8-9-20(29-2)21(16-19)30-3/h8-9,13,15-16,18H,4-7,10-12,14,17H2,1-3H3,(H2,24,26,27). The number of aromatic nitrogens is 2. The van der Waals surface area contributed by atoms with E-state index in [4.69, 9.17) is 9.47 Å². The Balaban J connectivity index is 1.62. The molecule has 0 amide bonds. The maximum Gasteiger partial charge on any atom is 0.191 e.